The van der Waals surface area contributed by atoms with E-state index in [9.17, 15) is 8.78 Å². The first-order valence-electron chi connectivity index (χ1n) is 7.70. The van der Waals surface area contributed by atoms with E-state index in [4.69, 9.17) is 5.26 Å². The summed E-state index contributed by atoms with van der Waals surface area (Å²) in [4.78, 5) is -0.256. The number of benzene rings is 1. The summed E-state index contributed by atoms with van der Waals surface area (Å²) in [5, 5.41) is 10.2. The van der Waals surface area contributed by atoms with Gasteiger partial charge in [-0.25, -0.2) is 8.78 Å². The molecule has 0 N–H and O–H groups in total. The van der Waals surface area contributed by atoms with Crippen molar-refractivity contribution in [3.63, 3.8) is 0 Å². The molecule has 0 aromatic heterocycles. The largest absolute Gasteiger partial charge is 0.206 e. The highest BCUT2D eigenvalue weighted by molar-refractivity contribution is 8.03. The Hall–Kier alpha value is -1.52. The van der Waals surface area contributed by atoms with Crippen molar-refractivity contribution in [2.45, 2.75) is 50.3 Å². The Balaban J connectivity index is 2.02. The Kier molecular flexibility index (Phi) is 6.28. The van der Waals surface area contributed by atoms with Gasteiger partial charge in [0.1, 0.15) is 17.0 Å². The lowest BCUT2D eigenvalue weighted by Crippen LogP contribution is -2.13. The van der Waals surface area contributed by atoms with Crippen LogP contribution in [0, 0.1) is 46.0 Å². The average molecular weight is 319 g/mol. The number of halogens is 2. The van der Waals surface area contributed by atoms with Crippen molar-refractivity contribution in [3.05, 3.63) is 29.3 Å². The highest BCUT2D eigenvalue weighted by Crippen LogP contribution is 2.31. The number of thioether (sulfide) groups is 1. The molecule has 0 spiro atoms. The normalized spacial score (nSPS) is 20.8. The van der Waals surface area contributed by atoms with Gasteiger partial charge in [0.05, 0.1) is 4.90 Å². The summed E-state index contributed by atoms with van der Waals surface area (Å²) in [6.07, 6.45) is 7.07. The molecule has 2 rings (SSSR count). The highest BCUT2D eigenvalue weighted by atomic mass is 32.2. The van der Waals surface area contributed by atoms with Gasteiger partial charge in [-0.15, -0.1) is 0 Å². The maximum atomic E-state index is 13.7. The molecule has 1 fully saturated rings. The lowest BCUT2D eigenvalue weighted by Gasteiger charge is -2.25. The molecule has 116 valence electrons. The minimum absolute atomic E-state index is 0.256. The van der Waals surface area contributed by atoms with Crippen molar-refractivity contribution in [1.29, 1.82) is 5.26 Å². The van der Waals surface area contributed by atoms with Crippen LogP contribution in [-0.2, 0) is 0 Å². The van der Waals surface area contributed by atoms with Gasteiger partial charge in [0.2, 0.25) is 0 Å². The molecule has 1 aliphatic carbocycles. The van der Waals surface area contributed by atoms with E-state index < -0.39 is 11.6 Å². The Morgan fingerprint density at radius 3 is 2.36 bits per heavy atom. The van der Waals surface area contributed by atoms with E-state index >= 15 is 0 Å². The van der Waals surface area contributed by atoms with Crippen LogP contribution in [0.5, 0.6) is 0 Å². The zero-order valence-corrected chi connectivity index (χ0v) is 13.5. The van der Waals surface area contributed by atoms with Crippen molar-refractivity contribution in [3.8, 4) is 17.2 Å². The molecule has 22 heavy (non-hydrogen) atoms. The maximum absolute atomic E-state index is 13.7. The fraction of sp³-hybridized carbons (Fsp3) is 0.500. The van der Waals surface area contributed by atoms with Crippen LogP contribution >= 0.6 is 11.8 Å². The van der Waals surface area contributed by atoms with Gasteiger partial charge in [0.15, 0.2) is 0 Å². The molecule has 0 radical (unpaired) electrons. The molecule has 0 saturated heterocycles. The summed E-state index contributed by atoms with van der Waals surface area (Å²) in [7, 11) is 0. The van der Waals surface area contributed by atoms with Crippen LogP contribution in [-0.4, -0.2) is 0 Å². The van der Waals surface area contributed by atoms with Gasteiger partial charge < -0.3 is 0 Å². The third-order valence-corrected chi connectivity index (χ3v) is 4.80. The van der Waals surface area contributed by atoms with Crippen LogP contribution in [0.15, 0.2) is 17.0 Å². The Morgan fingerprint density at radius 1 is 1.18 bits per heavy atom. The maximum Gasteiger partial charge on any atom is 0.142 e. The molecular weight excluding hydrogens is 300 g/mol. The van der Waals surface area contributed by atoms with Crippen LogP contribution in [0.4, 0.5) is 8.78 Å². The Morgan fingerprint density at radius 2 is 1.82 bits per heavy atom. The highest BCUT2D eigenvalue weighted by Gasteiger charge is 2.19. The topological polar surface area (TPSA) is 23.8 Å². The molecule has 0 heterocycles. The molecule has 1 nitrogen and oxygen atoms in total. The summed E-state index contributed by atoms with van der Waals surface area (Å²) in [6.45, 7) is 2.21. The monoisotopic (exact) mass is 319 g/mol. The van der Waals surface area contributed by atoms with E-state index in [0.717, 1.165) is 18.8 Å². The molecule has 0 atom stereocenters. The molecule has 1 aliphatic rings. The van der Waals surface area contributed by atoms with Gasteiger partial charge in [0, 0.05) is 11.5 Å². The average Bonchev–Trinajstić information content (AvgIpc) is 2.50. The molecule has 0 bridgehead atoms. The summed E-state index contributed by atoms with van der Waals surface area (Å²) in [5.41, 5.74) is 0.341. The lowest BCUT2D eigenvalue weighted by molar-refractivity contribution is 0.300. The second kappa shape index (κ2) is 8.20. The fourth-order valence-corrected chi connectivity index (χ4v) is 3.37. The quantitative estimate of drug-likeness (QED) is 0.417. The van der Waals surface area contributed by atoms with Crippen LogP contribution < -0.4 is 0 Å². The van der Waals surface area contributed by atoms with Crippen molar-refractivity contribution in [1.82, 2.24) is 0 Å². The van der Waals surface area contributed by atoms with Crippen LogP contribution in [0.2, 0.25) is 0 Å². The van der Waals surface area contributed by atoms with E-state index in [1.807, 2.05) is 0 Å². The molecule has 4 heteroatoms. The first kappa shape index (κ1) is 16.8. The van der Waals surface area contributed by atoms with E-state index in [-0.39, 0.29) is 4.90 Å². The Bertz CT molecular complexity index is 593. The minimum Gasteiger partial charge on any atom is -0.206 e. The molecular formula is C18H19F2NS. The lowest BCUT2D eigenvalue weighted by atomic mass is 9.80. The number of nitrogens with zero attached hydrogens (tertiary/aromatic N) is 1. The second-order valence-electron chi connectivity index (χ2n) is 5.74. The van der Waals surface area contributed by atoms with Crippen molar-refractivity contribution < 1.29 is 8.78 Å². The predicted octanol–water partition coefficient (Wildman–Crippen LogP) is 5.50. The van der Waals surface area contributed by atoms with Gasteiger partial charge in [-0.1, -0.05) is 31.6 Å². The standard InChI is InChI=1S/C18H19F2NS/c1-2-3-13-4-6-14(7-5-13)8-9-15-10-16(19)18(22-12-21)17(20)11-15/h10-11,13-14H,2-7H2,1H3. The van der Waals surface area contributed by atoms with E-state index in [1.54, 1.807) is 5.40 Å². The van der Waals surface area contributed by atoms with Crippen LogP contribution in [0.3, 0.4) is 0 Å². The zero-order chi connectivity index (χ0) is 15.9. The summed E-state index contributed by atoms with van der Waals surface area (Å²) >= 11 is 0.496. The number of thiocyanates is 1. The first-order chi connectivity index (χ1) is 10.6. The molecule has 1 aromatic carbocycles. The van der Waals surface area contributed by atoms with Crippen LogP contribution in [0.25, 0.3) is 0 Å². The number of rotatable bonds is 3. The summed E-state index contributed by atoms with van der Waals surface area (Å²) < 4.78 is 27.4. The van der Waals surface area contributed by atoms with Gasteiger partial charge in [-0.2, -0.15) is 5.26 Å². The Labute approximate surface area is 135 Å². The van der Waals surface area contributed by atoms with Gasteiger partial charge in [0.25, 0.3) is 0 Å². The van der Waals surface area contributed by atoms with Crippen molar-refractivity contribution >= 4 is 11.8 Å². The van der Waals surface area contributed by atoms with E-state index in [0.29, 0.717) is 23.2 Å². The second-order valence-corrected chi connectivity index (χ2v) is 6.53. The molecule has 1 saturated carbocycles. The number of nitriles is 1. The van der Waals surface area contributed by atoms with Crippen molar-refractivity contribution in [2.24, 2.45) is 11.8 Å². The molecule has 0 amide bonds. The van der Waals surface area contributed by atoms with Crippen LogP contribution in [0.1, 0.15) is 51.0 Å². The van der Waals surface area contributed by atoms with E-state index in [1.165, 1.54) is 37.8 Å². The molecule has 1 aromatic rings. The SMILES string of the molecule is CCCC1CCC(C#Cc2cc(F)c(SC#N)c(F)c2)CC1. The van der Waals surface area contributed by atoms with Gasteiger partial charge in [-0.3, -0.25) is 0 Å². The summed E-state index contributed by atoms with van der Waals surface area (Å²) in [5.74, 6) is 5.75. The third-order valence-electron chi connectivity index (χ3n) is 4.11. The van der Waals surface area contributed by atoms with Gasteiger partial charge in [-0.05, 0) is 55.5 Å². The molecule has 0 unspecified atom stereocenters. The predicted molar refractivity (Wildman–Crippen MR) is 85.1 cm³/mol. The zero-order valence-electron chi connectivity index (χ0n) is 12.7. The van der Waals surface area contributed by atoms with Gasteiger partial charge >= 0.3 is 0 Å². The third kappa shape index (κ3) is 4.49. The smallest absolute Gasteiger partial charge is 0.142 e. The summed E-state index contributed by atoms with van der Waals surface area (Å²) in [6, 6.07) is 2.41. The van der Waals surface area contributed by atoms with E-state index in [2.05, 4.69) is 18.8 Å². The minimum atomic E-state index is -0.720. The van der Waals surface area contributed by atoms with Crippen molar-refractivity contribution in [2.75, 3.05) is 0 Å². The molecule has 0 aliphatic heterocycles. The number of hydrogen-bond donors (Lipinski definition) is 0. The number of hydrogen-bond acceptors (Lipinski definition) is 2. The fourth-order valence-electron chi connectivity index (χ4n) is 2.96. The first-order valence-corrected chi connectivity index (χ1v) is 8.52.